The molecule has 0 saturated heterocycles. The molecule has 3 aromatic rings. The first-order chi connectivity index (χ1) is 12.5. The number of aromatic nitrogens is 2. The van der Waals surface area contributed by atoms with Gasteiger partial charge in [0, 0.05) is 48.9 Å². The number of hydrogen-bond acceptors (Lipinski definition) is 5. The highest BCUT2D eigenvalue weighted by Crippen LogP contribution is 2.38. The molecule has 3 rings (SSSR count). The highest BCUT2D eigenvalue weighted by molar-refractivity contribution is 6.32. The van der Waals surface area contributed by atoms with E-state index < -0.39 is 0 Å². The largest absolute Gasteiger partial charge is 0.496 e. The van der Waals surface area contributed by atoms with Gasteiger partial charge in [-0.15, -0.1) is 0 Å². The first kappa shape index (κ1) is 18.4. The topological polar surface area (TPSA) is 51.0 Å². The fourth-order valence-electron chi connectivity index (χ4n) is 2.71. The Morgan fingerprint density at radius 1 is 1.15 bits per heavy atom. The number of ether oxygens (including phenoxy) is 2. The van der Waals surface area contributed by atoms with Crippen LogP contribution in [0.1, 0.15) is 0 Å². The molecule has 0 aliphatic rings. The number of hydrogen-bond donors (Lipinski definition) is 1. The van der Waals surface area contributed by atoms with Gasteiger partial charge in [-0.05, 0) is 26.2 Å². The number of imidazole rings is 1. The van der Waals surface area contributed by atoms with E-state index in [0.29, 0.717) is 16.5 Å². The molecular weight excluding hydrogens is 352 g/mol. The van der Waals surface area contributed by atoms with Gasteiger partial charge in [-0.25, -0.2) is 4.98 Å². The molecule has 1 N–H and O–H groups in total. The number of likely N-dealkylation sites (N-methyl/N-ethyl adjacent to an activating group) is 1. The molecule has 0 radical (unpaired) electrons. The van der Waals surface area contributed by atoms with E-state index >= 15 is 0 Å². The van der Waals surface area contributed by atoms with Crippen LogP contribution in [0.15, 0.2) is 36.7 Å². The molecule has 7 heteroatoms. The van der Waals surface area contributed by atoms with E-state index in [9.17, 15) is 0 Å². The molecule has 138 valence electrons. The zero-order valence-corrected chi connectivity index (χ0v) is 16.2. The summed E-state index contributed by atoms with van der Waals surface area (Å²) in [7, 11) is 7.31. The van der Waals surface area contributed by atoms with Crippen molar-refractivity contribution in [3.05, 3.63) is 41.7 Å². The van der Waals surface area contributed by atoms with Gasteiger partial charge in [0.1, 0.15) is 17.1 Å². The van der Waals surface area contributed by atoms with E-state index in [1.807, 2.05) is 35.0 Å². The van der Waals surface area contributed by atoms with Gasteiger partial charge in [0.25, 0.3) is 0 Å². The summed E-state index contributed by atoms with van der Waals surface area (Å²) in [4.78, 5) is 6.86. The molecule has 0 unspecified atom stereocenters. The van der Waals surface area contributed by atoms with Crippen molar-refractivity contribution in [2.75, 3.05) is 46.7 Å². The lowest BCUT2D eigenvalue weighted by molar-refractivity contribution is 0.395. The number of anilines is 1. The SMILES string of the molecule is COc1cc(OC)c(-c2cn3ccc(NCCN(C)C)cc3n2)cc1Cl. The van der Waals surface area contributed by atoms with Crippen LogP contribution < -0.4 is 14.8 Å². The predicted octanol–water partition coefficient (Wildman–Crippen LogP) is 3.65. The Balaban J connectivity index is 1.93. The highest BCUT2D eigenvalue weighted by Gasteiger charge is 2.14. The Morgan fingerprint density at radius 3 is 2.62 bits per heavy atom. The fourth-order valence-corrected chi connectivity index (χ4v) is 2.95. The molecule has 6 nitrogen and oxygen atoms in total. The molecule has 0 bridgehead atoms. The molecular formula is C19H23ClN4O2. The van der Waals surface area contributed by atoms with Crippen molar-refractivity contribution >= 4 is 22.9 Å². The standard InChI is InChI=1S/C19H23ClN4O2/c1-23(2)8-6-21-13-5-7-24-12-16(22-19(24)9-13)14-10-15(20)18(26-4)11-17(14)25-3/h5,7,9-12,21H,6,8H2,1-4H3. The van der Waals surface area contributed by atoms with E-state index in [-0.39, 0.29) is 0 Å². The molecule has 0 aliphatic heterocycles. The van der Waals surface area contributed by atoms with E-state index in [2.05, 4.69) is 24.3 Å². The van der Waals surface area contributed by atoms with Crippen molar-refractivity contribution in [1.82, 2.24) is 14.3 Å². The van der Waals surface area contributed by atoms with E-state index in [1.165, 1.54) is 0 Å². The molecule has 0 aliphatic carbocycles. The lowest BCUT2D eigenvalue weighted by atomic mass is 10.1. The maximum absolute atomic E-state index is 6.29. The fraction of sp³-hybridized carbons (Fsp3) is 0.316. The van der Waals surface area contributed by atoms with E-state index in [0.717, 1.165) is 35.7 Å². The van der Waals surface area contributed by atoms with Crippen molar-refractivity contribution in [2.24, 2.45) is 0 Å². The maximum Gasteiger partial charge on any atom is 0.141 e. The Kier molecular flexibility index (Phi) is 5.54. The van der Waals surface area contributed by atoms with Crippen LogP contribution in [0.4, 0.5) is 5.69 Å². The highest BCUT2D eigenvalue weighted by atomic mass is 35.5. The molecule has 0 atom stereocenters. The zero-order valence-electron chi connectivity index (χ0n) is 15.4. The smallest absolute Gasteiger partial charge is 0.141 e. The minimum Gasteiger partial charge on any atom is -0.496 e. The normalized spacial score (nSPS) is 11.2. The van der Waals surface area contributed by atoms with Gasteiger partial charge in [-0.2, -0.15) is 0 Å². The van der Waals surface area contributed by atoms with E-state index in [1.54, 1.807) is 20.3 Å². The third-order valence-electron chi connectivity index (χ3n) is 4.10. The number of fused-ring (bicyclic) bond motifs is 1. The van der Waals surface area contributed by atoms with Crippen LogP contribution in [0, 0.1) is 0 Å². The quantitative estimate of drug-likeness (QED) is 0.684. The second-order valence-corrected chi connectivity index (χ2v) is 6.63. The van der Waals surface area contributed by atoms with Crippen molar-refractivity contribution in [3.8, 4) is 22.8 Å². The van der Waals surface area contributed by atoms with Crippen LogP contribution >= 0.6 is 11.6 Å². The van der Waals surface area contributed by atoms with Gasteiger partial charge < -0.3 is 24.1 Å². The molecule has 0 spiro atoms. The summed E-state index contributed by atoms with van der Waals surface area (Å²) in [5.74, 6) is 1.24. The molecule has 2 heterocycles. The summed E-state index contributed by atoms with van der Waals surface area (Å²) >= 11 is 6.29. The number of pyridine rings is 1. The van der Waals surface area contributed by atoms with Crippen molar-refractivity contribution in [1.29, 1.82) is 0 Å². The van der Waals surface area contributed by atoms with Gasteiger partial charge in [-0.3, -0.25) is 0 Å². The average Bonchev–Trinajstić information content (AvgIpc) is 3.04. The third kappa shape index (κ3) is 3.86. The number of rotatable bonds is 7. The van der Waals surface area contributed by atoms with E-state index in [4.69, 9.17) is 26.1 Å². The molecule has 0 amide bonds. The lowest BCUT2D eigenvalue weighted by Crippen LogP contribution is -2.20. The van der Waals surface area contributed by atoms with Crippen LogP contribution in [-0.4, -0.2) is 55.7 Å². The number of halogens is 1. The van der Waals surface area contributed by atoms with Crippen molar-refractivity contribution < 1.29 is 9.47 Å². The summed E-state index contributed by atoms with van der Waals surface area (Å²) in [5, 5.41) is 3.93. The van der Waals surface area contributed by atoms with Crippen LogP contribution in [0.25, 0.3) is 16.9 Å². The summed E-state index contributed by atoms with van der Waals surface area (Å²) in [6, 6.07) is 7.65. The van der Waals surface area contributed by atoms with Crippen LogP contribution in [0.2, 0.25) is 5.02 Å². The monoisotopic (exact) mass is 374 g/mol. The lowest BCUT2D eigenvalue weighted by Gasteiger charge is -2.11. The molecule has 26 heavy (non-hydrogen) atoms. The third-order valence-corrected chi connectivity index (χ3v) is 4.39. The average molecular weight is 375 g/mol. The Morgan fingerprint density at radius 2 is 1.92 bits per heavy atom. The minimum atomic E-state index is 0.520. The molecule has 2 aromatic heterocycles. The molecule has 0 saturated carbocycles. The second kappa shape index (κ2) is 7.85. The van der Waals surface area contributed by atoms with Gasteiger partial charge in [0.05, 0.1) is 24.9 Å². The summed E-state index contributed by atoms with van der Waals surface area (Å²) in [6.07, 6.45) is 3.95. The minimum absolute atomic E-state index is 0.520. The number of nitrogens with one attached hydrogen (secondary N) is 1. The zero-order chi connectivity index (χ0) is 18.7. The number of methoxy groups -OCH3 is 2. The van der Waals surface area contributed by atoms with Gasteiger partial charge in [0.2, 0.25) is 0 Å². The van der Waals surface area contributed by atoms with Gasteiger partial charge >= 0.3 is 0 Å². The summed E-state index contributed by atoms with van der Waals surface area (Å²) in [6.45, 7) is 1.84. The summed E-state index contributed by atoms with van der Waals surface area (Å²) < 4.78 is 12.7. The molecule has 1 aromatic carbocycles. The van der Waals surface area contributed by atoms with Gasteiger partial charge in [-0.1, -0.05) is 11.6 Å². The summed E-state index contributed by atoms with van der Waals surface area (Å²) in [5.41, 5.74) is 3.50. The van der Waals surface area contributed by atoms with Crippen molar-refractivity contribution in [3.63, 3.8) is 0 Å². The number of benzene rings is 1. The Bertz CT molecular complexity index is 908. The van der Waals surface area contributed by atoms with Crippen molar-refractivity contribution in [2.45, 2.75) is 0 Å². The predicted molar refractivity (Wildman–Crippen MR) is 106 cm³/mol. The van der Waals surface area contributed by atoms with Gasteiger partial charge in [0.15, 0.2) is 0 Å². The first-order valence-electron chi connectivity index (χ1n) is 8.31. The second-order valence-electron chi connectivity index (χ2n) is 6.22. The Labute approximate surface area is 158 Å². The maximum atomic E-state index is 6.29. The van der Waals surface area contributed by atoms with Crippen LogP contribution in [0.5, 0.6) is 11.5 Å². The van der Waals surface area contributed by atoms with Crippen LogP contribution in [0.3, 0.4) is 0 Å². The van der Waals surface area contributed by atoms with Crippen LogP contribution in [-0.2, 0) is 0 Å². The molecule has 0 fully saturated rings. The Hall–Kier alpha value is -2.44. The first-order valence-corrected chi connectivity index (χ1v) is 8.69. The number of nitrogens with zero attached hydrogens (tertiary/aromatic N) is 3.